The smallest absolute Gasteiger partial charge is 0.125 e. The van der Waals surface area contributed by atoms with E-state index in [1.165, 1.54) is 0 Å². The molecule has 0 amide bonds. The van der Waals surface area contributed by atoms with Crippen LogP contribution in [0.25, 0.3) is 11.0 Å². The number of para-hydroxylation sites is 1. The Labute approximate surface area is 122 Å². The average Bonchev–Trinajstić information content (AvgIpc) is 2.73. The van der Waals surface area contributed by atoms with Crippen molar-refractivity contribution in [2.45, 2.75) is 37.8 Å². The first-order valence-electron chi connectivity index (χ1n) is 6.57. The highest BCUT2D eigenvalue weighted by molar-refractivity contribution is 6.35. The summed E-state index contributed by atoms with van der Waals surface area (Å²) in [5, 5.41) is 0.737. The van der Waals surface area contributed by atoms with Crippen LogP contribution in [0.2, 0.25) is 5.02 Å². The van der Waals surface area contributed by atoms with Gasteiger partial charge in [0, 0.05) is 12.6 Å². The second-order valence-corrected chi connectivity index (χ2v) is 5.52. The minimum Gasteiger partial charge on any atom is -0.378 e. The van der Waals surface area contributed by atoms with E-state index in [-0.39, 0.29) is 0 Å². The molecule has 0 unspecified atom stereocenters. The van der Waals surface area contributed by atoms with Crippen molar-refractivity contribution in [3.8, 4) is 0 Å². The number of fused-ring (bicyclic) bond motifs is 1. The lowest BCUT2D eigenvalue weighted by atomic mass is 9.88. The Hall–Kier alpha value is -0.770. The number of imidazole rings is 1. The molecule has 0 bridgehead atoms. The maximum atomic E-state index is 6.32. The molecule has 3 nitrogen and oxygen atoms in total. The van der Waals surface area contributed by atoms with Crippen LogP contribution in [-0.2, 0) is 10.6 Å². The minimum absolute atomic E-state index is 0.359. The van der Waals surface area contributed by atoms with Crippen LogP contribution in [0.15, 0.2) is 18.2 Å². The average molecular weight is 299 g/mol. The van der Waals surface area contributed by atoms with Crippen molar-refractivity contribution >= 4 is 34.2 Å². The third-order valence-corrected chi connectivity index (χ3v) is 4.23. The number of halogens is 2. The Bertz CT molecular complexity index is 590. The highest BCUT2D eigenvalue weighted by Crippen LogP contribution is 2.39. The third-order valence-electron chi connectivity index (χ3n) is 3.69. The molecule has 1 fully saturated rings. The van der Waals surface area contributed by atoms with Crippen molar-refractivity contribution in [2.24, 2.45) is 0 Å². The summed E-state index contributed by atoms with van der Waals surface area (Å²) in [7, 11) is 0. The first kappa shape index (κ1) is 13.2. The maximum absolute atomic E-state index is 6.32. The molecule has 0 spiro atoms. The SMILES string of the molecule is CCOC1CC(n2c(CCl)nc3cccc(Cl)c32)C1. The molecule has 3 rings (SSSR count). The van der Waals surface area contributed by atoms with Gasteiger partial charge in [0.2, 0.25) is 0 Å². The fourth-order valence-corrected chi connectivity index (χ4v) is 3.21. The number of nitrogens with zero attached hydrogens (tertiary/aromatic N) is 2. The molecule has 1 aliphatic rings. The predicted octanol–water partition coefficient (Wildman–Crippen LogP) is 4.17. The summed E-state index contributed by atoms with van der Waals surface area (Å²) < 4.78 is 7.82. The van der Waals surface area contributed by atoms with Gasteiger partial charge >= 0.3 is 0 Å². The molecule has 1 aromatic heterocycles. The Morgan fingerprint density at radius 2 is 2.21 bits per heavy atom. The molecular formula is C14H16Cl2N2O. The molecule has 1 aromatic carbocycles. The Morgan fingerprint density at radius 3 is 2.89 bits per heavy atom. The van der Waals surface area contributed by atoms with E-state index in [9.17, 15) is 0 Å². The lowest BCUT2D eigenvalue weighted by Crippen LogP contribution is -2.34. The van der Waals surface area contributed by atoms with Gasteiger partial charge in [-0.05, 0) is 31.9 Å². The van der Waals surface area contributed by atoms with E-state index < -0.39 is 0 Å². The number of rotatable bonds is 4. The number of benzene rings is 1. The number of alkyl halides is 1. The van der Waals surface area contributed by atoms with Crippen molar-refractivity contribution in [2.75, 3.05) is 6.61 Å². The van der Waals surface area contributed by atoms with Crippen molar-refractivity contribution in [1.29, 1.82) is 0 Å². The molecule has 102 valence electrons. The van der Waals surface area contributed by atoms with E-state index >= 15 is 0 Å². The van der Waals surface area contributed by atoms with Gasteiger partial charge in [-0.15, -0.1) is 11.6 Å². The largest absolute Gasteiger partial charge is 0.378 e. The van der Waals surface area contributed by atoms with Crippen molar-refractivity contribution in [3.63, 3.8) is 0 Å². The highest BCUT2D eigenvalue weighted by atomic mass is 35.5. The van der Waals surface area contributed by atoms with Crippen molar-refractivity contribution < 1.29 is 4.74 Å². The Balaban J connectivity index is 1.98. The first-order chi connectivity index (χ1) is 9.24. The molecule has 1 aliphatic carbocycles. The van der Waals surface area contributed by atoms with Crippen LogP contribution in [0.1, 0.15) is 31.6 Å². The molecular weight excluding hydrogens is 283 g/mol. The summed E-state index contributed by atoms with van der Waals surface area (Å²) in [6.45, 7) is 2.80. The molecule has 0 radical (unpaired) electrons. The zero-order valence-electron chi connectivity index (χ0n) is 10.8. The van der Waals surface area contributed by atoms with Crippen LogP contribution in [-0.4, -0.2) is 22.3 Å². The third kappa shape index (κ3) is 2.24. The molecule has 0 atom stereocenters. The number of aromatic nitrogens is 2. The molecule has 0 N–H and O–H groups in total. The van der Waals surface area contributed by atoms with Crippen molar-refractivity contribution in [3.05, 3.63) is 29.0 Å². The first-order valence-corrected chi connectivity index (χ1v) is 7.48. The fraction of sp³-hybridized carbons (Fsp3) is 0.500. The normalized spacial score (nSPS) is 22.7. The zero-order chi connectivity index (χ0) is 13.4. The Kier molecular flexibility index (Phi) is 3.70. The summed E-state index contributed by atoms with van der Waals surface area (Å²) in [6, 6.07) is 6.20. The molecule has 5 heteroatoms. The minimum atomic E-state index is 0.359. The fourth-order valence-electron chi connectivity index (χ4n) is 2.76. The molecule has 1 saturated carbocycles. The predicted molar refractivity (Wildman–Crippen MR) is 78.0 cm³/mol. The van der Waals surface area contributed by atoms with E-state index in [0.717, 1.165) is 41.3 Å². The molecule has 1 heterocycles. The van der Waals surface area contributed by atoms with Gasteiger partial charge in [-0.2, -0.15) is 0 Å². The highest BCUT2D eigenvalue weighted by Gasteiger charge is 2.33. The summed E-state index contributed by atoms with van der Waals surface area (Å²) in [6.07, 6.45) is 2.38. The maximum Gasteiger partial charge on any atom is 0.125 e. The van der Waals surface area contributed by atoms with Gasteiger partial charge in [0.05, 0.1) is 28.0 Å². The summed E-state index contributed by atoms with van der Waals surface area (Å²) in [5.41, 5.74) is 1.92. The van der Waals surface area contributed by atoms with Crippen LogP contribution in [0.5, 0.6) is 0 Å². The van der Waals surface area contributed by atoms with E-state index in [4.69, 9.17) is 27.9 Å². The van der Waals surface area contributed by atoms with E-state index in [2.05, 4.69) is 9.55 Å². The van der Waals surface area contributed by atoms with Gasteiger partial charge in [-0.25, -0.2) is 4.98 Å². The lowest BCUT2D eigenvalue weighted by Gasteiger charge is -2.37. The van der Waals surface area contributed by atoms with Crippen molar-refractivity contribution in [1.82, 2.24) is 9.55 Å². The van der Waals surface area contributed by atoms with Gasteiger partial charge in [-0.1, -0.05) is 17.7 Å². The molecule has 0 saturated heterocycles. The van der Waals surface area contributed by atoms with Gasteiger partial charge in [0.25, 0.3) is 0 Å². The summed E-state index contributed by atoms with van der Waals surface area (Å²) in [4.78, 5) is 4.57. The summed E-state index contributed by atoms with van der Waals surface area (Å²) in [5.74, 6) is 1.30. The van der Waals surface area contributed by atoms with E-state index in [1.54, 1.807) is 0 Å². The molecule has 19 heavy (non-hydrogen) atoms. The molecule has 2 aromatic rings. The van der Waals surface area contributed by atoms with Gasteiger partial charge < -0.3 is 9.30 Å². The standard InChI is InChI=1S/C14H16Cl2N2O/c1-2-19-10-6-9(7-10)18-13(8-15)17-12-5-3-4-11(16)14(12)18/h3-5,9-10H,2,6-8H2,1H3. The van der Waals surface area contributed by atoms with Crippen LogP contribution < -0.4 is 0 Å². The van der Waals surface area contributed by atoms with Gasteiger partial charge in [0.15, 0.2) is 0 Å². The quantitative estimate of drug-likeness (QED) is 0.792. The second kappa shape index (κ2) is 5.31. The monoisotopic (exact) mass is 298 g/mol. The Morgan fingerprint density at radius 1 is 1.42 bits per heavy atom. The number of hydrogen-bond acceptors (Lipinski definition) is 2. The van der Waals surface area contributed by atoms with Crippen LogP contribution in [0.3, 0.4) is 0 Å². The van der Waals surface area contributed by atoms with Crippen LogP contribution in [0.4, 0.5) is 0 Å². The second-order valence-electron chi connectivity index (χ2n) is 4.84. The van der Waals surface area contributed by atoms with Gasteiger partial charge in [-0.3, -0.25) is 0 Å². The zero-order valence-corrected chi connectivity index (χ0v) is 12.3. The number of hydrogen-bond donors (Lipinski definition) is 0. The summed E-state index contributed by atoms with van der Waals surface area (Å²) >= 11 is 12.3. The van der Waals surface area contributed by atoms with Gasteiger partial charge in [0.1, 0.15) is 5.82 Å². The number of ether oxygens (including phenoxy) is 1. The van der Waals surface area contributed by atoms with Crippen LogP contribution >= 0.6 is 23.2 Å². The van der Waals surface area contributed by atoms with Crippen LogP contribution in [0, 0.1) is 0 Å². The van der Waals surface area contributed by atoms with E-state index in [1.807, 2.05) is 25.1 Å². The van der Waals surface area contributed by atoms with E-state index in [0.29, 0.717) is 18.0 Å². The topological polar surface area (TPSA) is 27.1 Å². The lowest BCUT2D eigenvalue weighted by molar-refractivity contribution is -0.0192. The molecule has 0 aliphatic heterocycles.